The first-order valence-electron chi connectivity index (χ1n) is 5.85. The number of carbonyl (C=O) groups excluding carboxylic acids is 2. The van der Waals surface area contributed by atoms with Gasteiger partial charge in [-0.1, -0.05) is 18.7 Å². The Kier molecular flexibility index (Phi) is 6.10. The van der Waals surface area contributed by atoms with Gasteiger partial charge in [0.1, 0.15) is 6.54 Å². The SMILES string of the molecule is CC(=O)SCC(C)C(=O)N(CC(=O)O)c1ncccn1. The van der Waals surface area contributed by atoms with Gasteiger partial charge < -0.3 is 5.11 Å². The Morgan fingerprint density at radius 1 is 1.35 bits per heavy atom. The largest absolute Gasteiger partial charge is 0.480 e. The monoisotopic (exact) mass is 297 g/mol. The first-order valence-corrected chi connectivity index (χ1v) is 6.84. The smallest absolute Gasteiger partial charge is 0.323 e. The van der Waals surface area contributed by atoms with E-state index in [-0.39, 0.29) is 16.8 Å². The summed E-state index contributed by atoms with van der Waals surface area (Å²) in [6.45, 7) is 2.53. The van der Waals surface area contributed by atoms with E-state index in [4.69, 9.17) is 5.11 Å². The van der Waals surface area contributed by atoms with Crippen LogP contribution in [0.5, 0.6) is 0 Å². The number of carboxylic acids is 1. The Morgan fingerprint density at radius 3 is 2.45 bits per heavy atom. The van der Waals surface area contributed by atoms with Gasteiger partial charge in [-0.2, -0.15) is 0 Å². The van der Waals surface area contributed by atoms with E-state index in [1.54, 1.807) is 13.0 Å². The number of aromatic nitrogens is 2. The molecule has 7 nitrogen and oxygen atoms in total. The Balaban J connectivity index is 2.85. The molecule has 1 unspecified atom stereocenters. The molecule has 20 heavy (non-hydrogen) atoms. The molecule has 0 saturated heterocycles. The first kappa shape index (κ1) is 16.1. The average molecular weight is 297 g/mol. The van der Waals surface area contributed by atoms with Crippen molar-refractivity contribution in [1.82, 2.24) is 9.97 Å². The minimum absolute atomic E-state index is 0.0413. The molecular weight excluding hydrogens is 282 g/mol. The molecule has 0 bridgehead atoms. The van der Waals surface area contributed by atoms with Gasteiger partial charge in [-0.15, -0.1) is 0 Å². The molecule has 0 aliphatic carbocycles. The molecule has 0 spiro atoms. The van der Waals surface area contributed by atoms with Crippen LogP contribution in [0.25, 0.3) is 0 Å². The summed E-state index contributed by atoms with van der Waals surface area (Å²) in [4.78, 5) is 42.8. The molecule has 108 valence electrons. The van der Waals surface area contributed by atoms with Gasteiger partial charge in [-0.25, -0.2) is 9.97 Å². The van der Waals surface area contributed by atoms with Gasteiger partial charge in [0.15, 0.2) is 5.12 Å². The van der Waals surface area contributed by atoms with E-state index < -0.39 is 24.3 Å². The number of nitrogens with zero attached hydrogens (tertiary/aromatic N) is 3. The highest BCUT2D eigenvalue weighted by atomic mass is 32.2. The maximum absolute atomic E-state index is 12.2. The molecule has 0 aliphatic heterocycles. The molecule has 1 amide bonds. The van der Waals surface area contributed by atoms with Crippen LogP contribution in [0.2, 0.25) is 0 Å². The Hall–Kier alpha value is -1.96. The molecule has 8 heteroatoms. The van der Waals surface area contributed by atoms with Crippen LogP contribution in [0.1, 0.15) is 13.8 Å². The number of thioether (sulfide) groups is 1. The minimum Gasteiger partial charge on any atom is -0.480 e. The third-order valence-electron chi connectivity index (χ3n) is 2.31. The average Bonchev–Trinajstić information content (AvgIpc) is 2.42. The van der Waals surface area contributed by atoms with Crippen molar-refractivity contribution in [3.63, 3.8) is 0 Å². The van der Waals surface area contributed by atoms with E-state index in [9.17, 15) is 14.4 Å². The van der Waals surface area contributed by atoms with Crippen LogP contribution in [0.4, 0.5) is 5.95 Å². The number of rotatable bonds is 6. The van der Waals surface area contributed by atoms with Crippen molar-refractivity contribution in [3.05, 3.63) is 18.5 Å². The molecular formula is C12H15N3O4S. The molecule has 1 N–H and O–H groups in total. The van der Waals surface area contributed by atoms with Gasteiger partial charge in [-0.3, -0.25) is 19.3 Å². The number of carboxylic acid groups (broad SMARTS) is 1. The molecule has 0 fully saturated rings. The first-order chi connectivity index (χ1) is 9.41. The van der Waals surface area contributed by atoms with Gasteiger partial charge in [0.2, 0.25) is 11.9 Å². The zero-order valence-corrected chi connectivity index (χ0v) is 12.0. The molecule has 0 aromatic carbocycles. The number of carbonyl (C=O) groups is 3. The van der Waals surface area contributed by atoms with E-state index in [2.05, 4.69) is 9.97 Å². The highest BCUT2D eigenvalue weighted by Gasteiger charge is 2.26. The topological polar surface area (TPSA) is 100 Å². The summed E-state index contributed by atoms with van der Waals surface area (Å²) in [5.74, 6) is -1.76. The van der Waals surface area contributed by atoms with E-state index in [1.165, 1.54) is 19.3 Å². The van der Waals surface area contributed by atoms with E-state index >= 15 is 0 Å². The maximum Gasteiger partial charge on any atom is 0.323 e. The van der Waals surface area contributed by atoms with Crippen LogP contribution < -0.4 is 4.90 Å². The fourth-order valence-corrected chi connectivity index (χ4v) is 2.02. The summed E-state index contributed by atoms with van der Waals surface area (Å²) in [7, 11) is 0. The molecule has 1 atom stereocenters. The fourth-order valence-electron chi connectivity index (χ4n) is 1.39. The van der Waals surface area contributed by atoms with E-state index in [1.807, 2.05) is 0 Å². The third kappa shape index (κ3) is 4.96. The predicted octanol–water partition coefficient (Wildman–Crippen LogP) is 0.810. The second kappa shape index (κ2) is 7.59. The van der Waals surface area contributed by atoms with Crippen LogP contribution in [-0.2, 0) is 14.4 Å². The van der Waals surface area contributed by atoms with Crippen molar-refractivity contribution in [3.8, 4) is 0 Å². The van der Waals surface area contributed by atoms with Gasteiger partial charge in [0, 0.05) is 31.0 Å². The molecule has 0 aliphatic rings. The number of amides is 1. The van der Waals surface area contributed by atoms with Crippen LogP contribution in [0.3, 0.4) is 0 Å². The number of aliphatic carboxylic acids is 1. The van der Waals surface area contributed by atoms with Crippen LogP contribution >= 0.6 is 11.8 Å². The summed E-state index contributed by atoms with van der Waals surface area (Å²) in [5.41, 5.74) is 0. The highest BCUT2D eigenvalue weighted by Crippen LogP contribution is 2.15. The van der Waals surface area contributed by atoms with Crippen molar-refractivity contribution in [1.29, 1.82) is 0 Å². The van der Waals surface area contributed by atoms with E-state index in [0.717, 1.165) is 16.7 Å². The summed E-state index contributed by atoms with van der Waals surface area (Å²) in [5, 5.41) is 8.79. The Bertz CT molecular complexity index is 495. The minimum atomic E-state index is -1.16. The van der Waals surface area contributed by atoms with Crippen molar-refractivity contribution >= 4 is 34.7 Å². The van der Waals surface area contributed by atoms with Crippen molar-refractivity contribution in [2.24, 2.45) is 5.92 Å². The lowest BCUT2D eigenvalue weighted by atomic mass is 10.2. The molecule has 1 aromatic rings. The summed E-state index contributed by atoms with van der Waals surface area (Å²) in [6.07, 6.45) is 2.86. The molecule has 1 heterocycles. The zero-order chi connectivity index (χ0) is 15.1. The van der Waals surface area contributed by atoms with Crippen molar-refractivity contribution in [2.75, 3.05) is 17.2 Å². The lowest BCUT2D eigenvalue weighted by Crippen LogP contribution is -2.40. The fraction of sp³-hybridized carbons (Fsp3) is 0.417. The molecule has 1 rings (SSSR count). The third-order valence-corrected chi connectivity index (χ3v) is 3.38. The Morgan fingerprint density at radius 2 is 1.95 bits per heavy atom. The lowest BCUT2D eigenvalue weighted by molar-refractivity contribution is -0.137. The van der Waals surface area contributed by atoms with Gasteiger partial charge >= 0.3 is 5.97 Å². The number of hydrogen-bond donors (Lipinski definition) is 1. The Labute approximate surface area is 120 Å². The standard InChI is InChI=1S/C12H15N3O4S/c1-8(7-20-9(2)16)11(19)15(6-10(17)18)12-13-4-3-5-14-12/h3-5,8H,6-7H2,1-2H3,(H,17,18). The normalized spacial score (nSPS) is 11.7. The van der Waals surface area contributed by atoms with Gasteiger partial charge in [-0.05, 0) is 6.07 Å². The zero-order valence-electron chi connectivity index (χ0n) is 11.1. The summed E-state index contributed by atoms with van der Waals surface area (Å²) < 4.78 is 0. The van der Waals surface area contributed by atoms with Crippen molar-refractivity contribution in [2.45, 2.75) is 13.8 Å². The predicted molar refractivity (Wildman–Crippen MR) is 74.3 cm³/mol. The lowest BCUT2D eigenvalue weighted by Gasteiger charge is -2.21. The van der Waals surface area contributed by atoms with Gasteiger partial charge in [0.05, 0.1) is 0 Å². The van der Waals surface area contributed by atoms with Crippen LogP contribution in [0.15, 0.2) is 18.5 Å². The molecule has 0 saturated carbocycles. The summed E-state index contributed by atoms with van der Waals surface area (Å²) >= 11 is 1.02. The van der Waals surface area contributed by atoms with Crippen molar-refractivity contribution < 1.29 is 19.5 Å². The van der Waals surface area contributed by atoms with Crippen LogP contribution in [0, 0.1) is 5.92 Å². The quantitative estimate of drug-likeness (QED) is 0.829. The highest BCUT2D eigenvalue weighted by molar-refractivity contribution is 8.13. The summed E-state index contributed by atoms with van der Waals surface area (Å²) in [6, 6.07) is 1.57. The molecule has 0 radical (unpaired) electrons. The van der Waals surface area contributed by atoms with Crippen LogP contribution in [-0.4, -0.2) is 44.4 Å². The maximum atomic E-state index is 12.2. The van der Waals surface area contributed by atoms with Gasteiger partial charge in [0.25, 0.3) is 0 Å². The second-order valence-electron chi connectivity index (χ2n) is 4.07. The number of hydrogen-bond acceptors (Lipinski definition) is 6. The molecule has 1 aromatic heterocycles. The second-order valence-corrected chi connectivity index (χ2v) is 5.27. The van der Waals surface area contributed by atoms with E-state index in [0.29, 0.717) is 0 Å². The number of anilines is 1.